The highest BCUT2D eigenvalue weighted by Crippen LogP contribution is 2.35. The molecule has 202 valence electrons. The van der Waals surface area contributed by atoms with Crippen molar-refractivity contribution in [3.05, 3.63) is 90.0 Å². The van der Waals surface area contributed by atoms with Crippen molar-refractivity contribution in [3.8, 4) is 11.1 Å². The quantitative estimate of drug-likeness (QED) is 0.289. The van der Waals surface area contributed by atoms with Crippen LogP contribution in [0.15, 0.2) is 78.9 Å². The van der Waals surface area contributed by atoms with Crippen LogP contribution in [-0.2, 0) is 21.1 Å². The summed E-state index contributed by atoms with van der Waals surface area (Å²) in [4.78, 5) is 17.5. The Balaban J connectivity index is 1.36. The van der Waals surface area contributed by atoms with Gasteiger partial charge in [-0.1, -0.05) is 61.5 Å². The van der Waals surface area contributed by atoms with Crippen LogP contribution >= 0.6 is 0 Å². The highest BCUT2D eigenvalue weighted by atomic mass is 19.4. The Morgan fingerprint density at radius 2 is 1.47 bits per heavy atom. The summed E-state index contributed by atoms with van der Waals surface area (Å²) >= 11 is 0. The summed E-state index contributed by atoms with van der Waals surface area (Å²) in [5.74, 6) is -0.184. The number of alkyl halides is 3. The lowest BCUT2D eigenvalue weighted by molar-refractivity contribution is -0.148. The number of halogens is 3. The Kier molecular flexibility index (Phi) is 8.77. The third-order valence-electron chi connectivity index (χ3n) is 7.69. The minimum absolute atomic E-state index is 0.184. The molecule has 0 aromatic heterocycles. The van der Waals surface area contributed by atoms with E-state index in [-0.39, 0.29) is 5.97 Å². The predicted molar refractivity (Wildman–Crippen MR) is 145 cm³/mol. The maximum absolute atomic E-state index is 13.2. The van der Waals surface area contributed by atoms with Gasteiger partial charge < -0.3 is 9.64 Å². The van der Waals surface area contributed by atoms with Crippen molar-refractivity contribution in [1.82, 2.24) is 4.90 Å². The van der Waals surface area contributed by atoms with Crippen molar-refractivity contribution in [2.75, 3.05) is 44.7 Å². The maximum atomic E-state index is 13.2. The maximum Gasteiger partial charge on any atom is 0.416 e. The lowest BCUT2D eigenvalue weighted by Crippen LogP contribution is -2.47. The monoisotopic (exact) mass is 524 g/mol. The van der Waals surface area contributed by atoms with E-state index in [1.165, 1.54) is 19.2 Å². The Hall–Kier alpha value is -3.32. The molecule has 0 aliphatic carbocycles. The minimum atomic E-state index is -4.36. The molecule has 1 aliphatic heterocycles. The van der Waals surface area contributed by atoms with Gasteiger partial charge in [0, 0.05) is 31.9 Å². The molecule has 7 heteroatoms. The number of carbonyl (C=O) groups is 1. The van der Waals surface area contributed by atoms with Gasteiger partial charge >= 0.3 is 12.1 Å². The molecule has 0 bridgehead atoms. The van der Waals surface area contributed by atoms with E-state index in [4.69, 9.17) is 4.74 Å². The zero-order valence-corrected chi connectivity index (χ0v) is 22.0. The predicted octanol–water partition coefficient (Wildman–Crippen LogP) is 6.80. The molecule has 1 heterocycles. The van der Waals surface area contributed by atoms with Crippen LogP contribution < -0.4 is 4.90 Å². The first-order valence-corrected chi connectivity index (χ1v) is 13.2. The third kappa shape index (κ3) is 6.21. The first kappa shape index (κ1) is 27.7. The van der Waals surface area contributed by atoms with Crippen LogP contribution in [0.4, 0.5) is 18.9 Å². The first-order chi connectivity index (χ1) is 18.3. The molecule has 1 unspecified atom stereocenters. The smallest absolute Gasteiger partial charge is 0.416 e. The summed E-state index contributed by atoms with van der Waals surface area (Å²) in [6, 6.07) is 23.1. The number of carbonyl (C=O) groups excluding carboxylic acids is 1. The second-order valence-electron chi connectivity index (χ2n) is 9.85. The van der Waals surface area contributed by atoms with Gasteiger partial charge in [-0.15, -0.1) is 0 Å². The van der Waals surface area contributed by atoms with Crippen molar-refractivity contribution in [1.29, 1.82) is 0 Å². The van der Waals surface area contributed by atoms with Crippen molar-refractivity contribution < 1.29 is 22.7 Å². The molecule has 38 heavy (non-hydrogen) atoms. The van der Waals surface area contributed by atoms with Gasteiger partial charge in [-0.3, -0.25) is 9.69 Å². The molecular weight excluding hydrogens is 489 g/mol. The van der Waals surface area contributed by atoms with Gasteiger partial charge in [0.05, 0.1) is 18.1 Å². The van der Waals surface area contributed by atoms with Crippen LogP contribution in [0.1, 0.15) is 37.3 Å². The molecule has 1 fully saturated rings. The van der Waals surface area contributed by atoms with Gasteiger partial charge in [0.2, 0.25) is 0 Å². The molecular formula is C31H35F3N2O2. The molecule has 4 nitrogen and oxygen atoms in total. The summed E-state index contributed by atoms with van der Waals surface area (Å²) in [5.41, 5.74) is 2.07. The number of benzene rings is 3. The SMILES string of the molecule is CCC(CCCN1CCN(c2cccc(-c3cccc(C(F)(F)F)c3)c2)CC1)(C(=O)OC)c1ccccc1. The number of anilines is 1. The topological polar surface area (TPSA) is 32.8 Å². The molecule has 3 aromatic carbocycles. The molecule has 1 atom stereocenters. The van der Waals surface area contributed by atoms with Crippen molar-refractivity contribution in [2.45, 2.75) is 37.8 Å². The van der Waals surface area contributed by atoms with Crippen LogP contribution in [0.2, 0.25) is 0 Å². The van der Waals surface area contributed by atoms with Crippen LogP contribution in [0.3, 0.4) is 0 Å². The van der Waals surface area contributed by atoms with Crippen LogP contribution in [0, 0.1) is 0 Å². The van der Waals surface area contributed by atoms with Gasteiger partial charge in [0.25, 0.3) is 0 Å². The van der Waals surface area contributed by atoms with E-state index in [2.05, 4.69) is 9.80 Å². The van der Waals surface area contributed by atoms with Crippen LogP contribution in [-0.4, -0.2) is 50.7 Å². The van der Waals surface area contributed by atoms with Gasteiger partial charge in [-0.25, -0.2) is 0 Å². The highest BCUT2D eigenvalue weighted by Gasteiger charge is 2.39. The van der Waals surface area contributed by atoms with E-state index >= 15 is 0 Å². The Labute approximate surface area is 223 Å². The van der Waals surface area contributed by atoms with E-state index < -0.39 is 17.2 Å². The second kappa shape index (κ2) is 12.0. The highest BCUT2D eigenvalue weighted by molar-refractivity contribution is 5.83. The van der Waals surface area contributed by atoms with Crippen molar-refractivity contribution >= 4 is 11.7 Å². The number of nitrogens with zero attached hydrogens (tertiary/aromatic N) is 2. The van der Waals surface area contributed by atoms with Crippen molar-refractivity contribution in [3.63, 3.8) is 0 Å². The summed E-state index contributed by atoms with van der Waals surface area (Å²) in [5, 5.41) is 0. The number of hydrogen-bond acceptors (Lipinski definition) is 4. The fraction of sp³-hybridized carbons (Fsp3) is 0.387. The van der Waals surface area contributed by atoms with Gasteiger partial charge in [-0.2, -0.15) is 13.2 Å². The molecule has 1 saturated heterocycles. The number of hydrogen-bond donors (Lipinski definition) is 0. The number of ether oxygens (including phenoxy) is 1. The van der Waals surface area contributed by atoms with E-state index in [1.54, 1.807) is 6.07 Å². The van der Waals surface area contributed by atoms with Gasteiger partial charge in [0.1, 0.15) is 0 Å². The first-order valence-electron chi connectivity index (χ1n) is 13.2. The fourth-order valence-corrected chi connectivity index (χ4v) is 5.43. The van der Waals surface area contributed by atoms with Crippen molar-refractivity contribution in [2.24, 2.45) is 0 Å². The summed E-state index contributed by atoms with van der Waals surface area (Å²) < 4.78 is 44.7. The molecule has 0 N–H and O–H groups in total. The standard InChI is InChI=1S/C31H35F3N2O2/c1-3-30(29(37)38-2,26-12-5-4-6-13-26)16-9-17-35-18-20-36(21-19-35)28-15-8-11-25(23-28)24-10-7-14-27(22-24)31(32,33)34/h4-8,10-15,22-23H,3,9,16-21H2,1-2H3. The fourth-order valence-electron chi connectivity index (χ4n) is 5.43. The molecule has 0 amide bonds. The molecule has 0 saturated carbocycles. The normalized spacial score (nSPS) is 16.2. The molecule has 1 aliphatic rings. The average Bonchev–Trinajstić information content (AvgIpc) is 2.95. The van der Waals surface area contributed by atoms with Gasteiger partial charge in [0.15, 0.2) is 0 Å². The molecule has 4 rings (SSSR count). The lowest BCUT2D eigenvalue weighted by atomic mass is 9.74. The van der Waals surface area contributed by atoms with Gasteiger partial charge in [-0.05, 0) is 66.8 Å². The summed E-state index contributed by atoms with van der Waals surface area (Å²) in [7, 11) is 1.46. The number of rotatable bonds is 9. The average molecular weight is 525 g/mol. The third-order valence-corrected chi connectivity index (χ3v) is 7.69. The zero-order chi connectivity index (χ0) is 27.2. The number of esters is 1. The minimum Gasteiger partial charge on any atom is -0.468 e. The summed E-state index contributed by atoms with van der Waals surface area (Å²) in [6.07, 6.45) is -2.08. The number of piperazine rings is 1. The van der Waals surface area contributed by atoms with E-state index in [0.717, 1.165) is 68.4 Å². The molecule has 0 radical (unpaired) electrons. The van der Waals surface area contributed by atoms with Crippen LogP contribution in [0.5, 0.6) is 0 Å². The Bertz CT molecular complexity index is 1210. The largest absolute Gasteiger partial charge is 0.468 e. The summed E-state index contributed by atoms with van der Waals surface area (Å²) in [6.45, 7) is 6.37. The Morgan fingerprint density at radius 1 is 0.842 bits per heavy atom. The molecule has 3 aromatic rings. The molecule has 0 spiro atoms. The Morgan fingerprint density at radius 3 is 2.11 bits per heavy atom. The van der Waals surface area contributed by atoms with E-state index in [1.807, 2.05) is 61.5 Å². The number of methoxy groups -OCH3 is 1. The second-order valence-corrected chi connectivity index (χ2v) is 9.85. The van der Waals surface area contributed by atoms with E-state index in [0.29, 0.717) is 12.0 Å². The lowest BCUT2D eigenvalue weighted by Gasteiger charge is -2.37. The zero-order valence-electron chi connectivity index (χ0n) is 22.0. The van der Waals surface area contributed by atoms with E-state index in [9.17, 15) is 18.0 Å². The van der Waals surface area contributed by atoms with Crippen LogP contribution in [0.25, 0.3) is 11.1 Å².